The number of rotatable bonds is 6. The molecule has 0 spiro atoms. The molecule has 20 heavy (non-hydrogen) atoms. The molecule has 0 aromatic heterocycles. The van der Waals surface area contributed by atoms with Crippen LogP contribution in [0.3, 0.4) is 0 Å². The molecule has 2 rings (SSSR count). The quantitative estimate of drug-likeness (QED) is 0.545. The molecule has 0 saturated carbocycles. The number of hydrogen-bond donors (Lipinski definition) is 0. The topological polar surface area (TPSA) is 0 Å². The van der Waals surface area contributed by atoms with Gasteiger partial charge in [-0.3, -0.25) is 0 Å². The van der Waals surface area contributed by atoms with E-state index in [4.69, 9.17) is 0 Å². The Bertz CT molecular complexity index is 523. The fraction of sp³-hybridized carbons (Fsp3) is 0.400. The predicted molar refractivity (Wildman–Crippen MR) is 89.0 cm³/mol. The summed E-state index contributed by atoms with van der Waals surface area (Å²) in [6.07, 6.45) is 5.19. The Kier molecular flexibility index (Phi) is 5.00. The molecule has 0 unspecified atom stereocenters. The van der Waals surface area contributed by atoms with Crippen LogP contribution in [-0.4, -0.2) is 0 Å². The van der Waals surface area contributed by atoms with Gasteiger partial charge in [-0.2, -0.15) is 0 Å². The Hall–Kier alpha value is -1.56. The van der Waals surface area contributed by atoms with Gasteiger partial charge in [-0.05, 0) is 28.5 Å². The van der Waals surface area contributed by atoms with Crippen LogP contribution in [0.15, 0.2) is 54.6 Å². The summed E-state index contributed by atoms with van der Waals surface area (Å²) in [7, 11) is 0. The number of benzene rings is 2. The van der Waals surface area contributed by atoms with Crippen molar-refractivity contribution in [1.82, 2.24) is 0 Å². The highest BCUT2D eigenvalue weighted by Crippen LogP contribution is 2.36. The largest absolute Gasteiger partial charge is 0.0654 e. The third-order valence-electron chi connectivity index (χ3n) is 4.15. The van der Waals surface area contributed by atoms with Crippen molar-refractivity contribution in [2.45, 2.75) is 51.9 Å². The maximum absolute atomic E-state index is 2.38. The van der Waals surface area contributed by atoms with Crippen molar-refractivity contribution in [3.8, 4) is 11.1 Å². The van der Waals surface area contributed by atoms with Crippen molar-refractivity contribution >= 4 is 0 Å². The molecule has 0 radical (unpaired) electrons. The molecule has 0 atom stereocenters. The minimum absolute atomic E-state index is 0.238. The highest BCUT2D eigenvalue weighted by Gasteiger charge is 2.23. The second-order valence-electron chi connectivity index (χ2n) is 6.25. The molecule has 0 saturated heterocycles. The van der Waals surface area contributed by atoms with Crippen molar-refractivity contribution < 1.29 is 0 Å². The van der Waals surface area contributed by atoms with Crippen LogP contribution in [0.5, 0.6) is 0 Å². The lowest BCUT2D eigenvalue weighted by Gasteiger charge is -2.28. The Morgan fingerprint density at radius 3 is 2.15 bits per heavy atom. The first kappa shape index (κ1) is 14.8. The van der Waals surface area contributed by atoms with Gasteiger partial charge in [0.1, 0.15) is 0 Å². The lowest BCUT2D eigenvalue weighted by atomic mass is 9.76. The highest BCUT2D eigenvalue weighted by molar-refractivity contribution is 5.68. The van der Waals surface area contributed by atoms with Gasteiger partial charge in [-0.1, -0.05) is 94.6 Å². The van der Waals surface area contributed by atoms with Crippen molar-refractivity contribution in [1.29, 1.82) is 0 Å². The van der Waals surface area contributed by atoms with E-state index in [9.17, 15) is 0 Å². The molecular weight excluding hydrogens is 240 g/mol. The number of unbranched alkanes of at least 4 members (excludes halogenated alkanes) is 2. The average Bonchev–Trinajstić information content (AvgIpc) is 2.48. The minimum atomic E-state index is 0.238. The van der Waals surface area contributed by atoms with E-state index < -0.39 is 0 Å². The zero-order valence-electron chi connectivity index (χ0n) is 13.0. The van der Waals surface area contributed by atoms with Gasteiger partial charge in [-0.25, -0.2) is 0 Å². The van der Waals surface area contributed by atoms with E-state index in [-0.39, 0.29) is 5.41 Å². The van der Waals surface area contributed by atoms with Gasteiger partial charge in [0, 0.05) is 0 Å². The Balaban J connectivity index is 2.32. The van der Waals surface area contributed by atoms with Crippen LogP contribution in [0.4, 0.5) is 0 Å². The van der Waals surface area contributed by atoms with Crippen molar-refractivity contribution in [3.05, 3.63) is 60.2 Å². The third kappa shape index (κ3) is 3.50. The van der Waals surface area contributed by atoms with E-state index >= 15 is 0 Å². The van der Waals surface area contributed by atoms with E-state index in [2.05, 4.69) is 75.4 Å². The summed E-state index contributed by atoms with van der Waals surface area (Å²) < 4.78 is 0. The summed E-state index contributed by atoms with van der Waals surface area (Å²) >= 11 is 0. The minimum Gasteiger partial charge on any atom is -0.0654 e. The van der Waals surface area contributed by atoms with E-state index in [1.807, 2.05) is 0 Å². The van der Waals surface area contributed by atoms with Crippen molar-refractivity contribution in [3.63, 3.8) is 0 Å². The molecule has 0 aliphatic heterocycles. The van der Waals surface area contributed by atoms with Crippen LogP contribution in [0.1, 0.15) is 52.0 Å². The molecule has 2 aromatic rings. The van der Waals surface area contributed by atoms with Crippen LogP contribution in [0.25, 0.3) is 11.1 Å². The van der Waals surface area contributed by atoms with Crippen LogP contribution < -0.4 is 0 Å². The highest BCUT2D eigenvalue weighted by atomic mass is 14.3. The molecule has 0 aliphatic rings. The zero-order valence-corrected chi connectivity index (χ0v) is 13.0. The summed E-state index contributed by atoms with van der Waals surface area (Å²) in [4.78, 5) is 0. The molecule has 0 bridgehead atoms. The molecular formula is C20H26. The first-order valence-electron chi connectivity index (χ1n) is 7.80. The SMILES string of the molecule is CCCCCC(C)(C)c1ccccc1-c1ccccc1. The van der Waals surface area contributed by atoms with Crippen molar-refractivity contribution in [2.24, 2.45) is 0 Å². The summed E-state index contributed by atoms with van der Waals surface area (Å²) in [5, 5.41) is 0. The molecule has 0 heterocycles. The van der Waals surface area contributed by atoms with Gasteiger partial charge in [0.05, 0.1) is 0 Å². The van der Waals surface area contributed by atoms with Crippen LogP contribution >= 0.6 is 0 Å². The lowest BCUT2D eigenvalue weighted by Crippen LogP contribution is -2.18. The molecule has 2 aromatic carbocycles. The van der Waals surface area contributed by atoms with Crippen LogP contribution in [0.2, 0.25) is 0 Å². The summed E-state index contributed by atoms with van der Waals surface area (Å²) in [6.45, 7) is 7.03. The molecule has 106 valence electrons. The van der Waals surface area contributed by atoms with E-state index in [1.54, 1.807) is 0 Å². The summed E-state index contributed by atoms with van der Waals surface area (Å²) in [5.74, 6) is 0. The Labute approximate surface area is 123 Å². The normalized spacial score (nSPS) is 11.6. The molecule has 0 amide bonds. The van der Waals surface area contributed by atoms with Crippen LogP contribution in [0, 0.1) is 0 Å². The maximum Gasteiger partial charge on any atom is -0.00974 e. The monoisotopic (exact) mass is 266 g/mol. The summed E-state index contributed by atoms with van der Waals surface area (Å²) in [6, 6.07) is 19.6. The molecule has 0 nitrogen and oxygen atoms in total. The first-order valence-corrected chi connectivity index (χ1v) is 7.80. The van der Waals surface area contributed by atoms with E-state index in [0.29, 0.717) is 0 Å². The Morgan fingerprint density at radius 1 is 0.800 bits per heavy atom. The van der Waals surface area contributed by atoms with Crippen LogP contribution in [-0.2, 0) is 5.41 Å². The maximum atomic E-state index is 2.38. The fourth-order valence-electron chi connectivity index (χ4n) is 2.89. The van der Waals surface area contributed by atoms with Gasteiger partial charge in [0.15, 0.2) is 0 Å². The molecule has 0 heteroatoms. The molecule has 0 fully saturated rings. The second-order valence-corrected chi connectivity index (χ2v) is 6.25. The van der Waals surface area contributed by atoms with Gasteiger partial charge in [-0.15, -0.1) is 0 Å². The van der Waals surface area contributed by atoms with E-state index in [0.717, 1.165) is 0 Å². The van der Waals surface area contributed by atoms with Gasteiger partial charge >= 0.3 is 0 Å². The first-order chi connectivity index (χ1) is 9.65. The predicted octanol–water partition coefficient (Wildman–Crippen LogP) is 6.21. The average molecular weight is 266 g/mol. The molecule has 0 aliphatic carbocycles. The van der Waals surface area contributed by atoms with Gasteiger partial charge in [0.25, 0.3) is 0 Å². The van der Waals surface area contributed by atoms with E-state index in [1.165, 1.54) is 42.4 Å². The number of hydrogen-bond acceptors (Lipinski definition) is 0. The molecule has 0 N–H and O–H groups in total. The van der Waals surface area contributed by atoms with Crippen molar-refractivity contribution in [2.75, 3.05) is 0 Å². The fourth-order valence-corrected chi connectivity index (χ4v) is 2.89. The Morgan fingerprint density at radius 2 is 1.45 bits per heavy atom. The second kappa shape index (κ2) is 6.74. The van der Waals surface area contributed by atoms with Gasteiger partial charge < -0.3 is 0 Å². The third-order valence-corrected chi connectivity index (χ3v) is 4.15. The lowest BCUT2D eigenvalue weighted by molar-refractivity contribution is 0.451. The standard InChI is InChI=1S/C20H26/c1-4-5-11-16-20(2,3)19-15-10-9-14-18(19)17-12-7-6-8-13-17/h6-10,12-15H,4-5,11,16H2,1-3H3. The zero-order chi connectivity index (χ0) is 14.4. The summed E-state index contributed by atoms with van der Waals surface area (Å²) in [5.41, 5.74) is 4.42. The smallest absolute Gasteiger partial charge is 0.00974 e. The van der Waals surface area contributed by atoms with Gasteiger partial charge in [0.2, 0.25) is 0 Å².